The third kappa shape index (κ3) is 3.46. The first-order valence-electron chi connectivity index (χ1n) is 8.75. The van der Waals surface area contributed by atoms with Crippen LogP contribution in [-0.4, -0.2) is 27.5 Å². The molecule has 1 aliphatic carbocycles. The van der Waals surface area contributed by atoms with Crippen LogP contribution in [0.25, 0.3) is 11.4 Å². The first kappa shape index (κ1) is 18.8. The summed E-state index contributed by atoms with van der Waals surface area (Å²) in [5.74, 6) is 1.46. The zero-order valence-corrected chi connectivity index (χ0v) is 15.8. The zero-order valence-electron chi connectivity index (χ0n) is 15.0. The van der Waals surface area contributed by atoms with E-state index in [2.05, 4.69) is 22.3 Å². The van der Waals surface area contributed by atoms with Crippen molar-refractivity contribution in [3.8, 4) is 17.1 Å². The molecule has 0 N–H and O–H groups in total. The van der Waals surface area contributed by atoms with Gasteiger partial charge in [0.1, 0.15) is 11.6 Å². The topological polar surface area (TPSA) is 39.9 Å². The minimum atomic E-state index is -4.40. The summed E-state index contributed by atoms with van der Waals surface area (Å²) in [6.45, 7) is -1.36. The molecule has 1 saturated carbocycles. The summed E-state index contributed by atoms with van der Waals surface area (Å²) in [5, 5.41) is 8.97. The molecule has 1 heterocycles. The van der Waals surface area contributed by atoms with E-state index in [1.807, 2.05) is 29.8 Å². The van der Waals surface area contributed by atoms with E-state index in [0.29, 0.717) is 11.4 Å². The lowest BCUT2D eigenvalue weighted by Gasteiger charge is -2.15. The summed E-state index contributed by atoms with van der Waals surface area (Å²) >= 11 is 6.30. The maximum absolute atomic E-state index is 12.3. The molecule has 0 radical (unpaired) electrons. The molecular formula is C20H17ClF3N3O. The van der Waals surface area contributed by atoms with Crippen molar-refractivity contribution < 1.29 is 17.9 Å². The Morgan fingerprint density at radius 1 is 1.11 bits per heavy atom. The fraction of sp³-hybridized carbons (Fsp3) is 0.300. The molecule has 4 rings (SSSR count). The molecule has 0 bridgehead atoms. The summed E-state index contributed by atoms with van der Waals surface area (Å²) in [4.78, 5) is 0. The highest BCUT2D eigenvalue weighted by atomic mass is 35.5. The Bertz CT molecular complexity index is 998. The van der Waals surface area contributed by atoms with Gasteiger partial charge < -0.3 is 9.30 Å². The minimum Gasteiger partial charge on any atom is -0.484 e. The van der Waals surface area contributed by atoms with Crippen LogP contribution in [0.5, 0.6) is 5.75 Å². The van der Waals surface area contributed by atoms with Crippen LogP contribution >= 0.6 is 11.6 Å². The molecule has 2 aromatic carbocycles. The molecule has 1 aliphatic rings. The van der Waals surface area contributed by atoms with Gasteiger partial charge in [0.25, 0.3) is 0 Å². The Kier molecular flexibility index (Phi) is 4.57. The number of ether oxygens (including phenoxy) is 1. The normalized spacial score (nSPS) is 15.5. The quantitative estimate of drug-likeness (QED) is 0.586. The molecule has 28 heavy (non-hydrogen) atoms. The Morgan fingerprint density at radius 2 is 1.82 bits per heavy atom. The molecule has 8 heteroatoms. The molecule has 146 valence electrons. The van der Waals surface area contributed by atoms with Crippen molar-refractivity contribution in [1.29, 1.82) is 0 Å². The Hall–Kier alpha value is -2.54. The van der Waals surface area contributed by atoms with Gasteiger partial charge in [-0.15, -0.1) is 10.2 Å². The van der Waals surface area contributed by atoms with Crippen molar-refractivity contribution in [2.24, 2.45) is 7.05 Å². The van der Waals surface area contributed by atoms with Crippen molar-refractivity contribution in [3.63, 3.8) is 0 Å². The number of nitrogens with zero attached hydrogens (tertiary/aromatic N) is 3. The van der Waals surface area contributed by atoms with E-state index < -0.39 is 12.8 Å². The van der Waals surface area contributed by atoms with Crippen LogP contribution in [0.4, 0.5) is 13.2 Å². The van der Waals surface area contributed by atoms with Gasteiger partial charge in [-0.05, 0) is 36.6 Å². The van der Waals surface area contributed by atoms with Gasteiger partial charge in [-0.3, -0.25) is 0 Å². The molecule has 1 aromatic heterocycles. The van der Waals surface area contributed by atoms with Gasteiger partial charge >= 0.3 is 6.18 Å². The monoisotopic (exact) mass is 407 g/mol. The third-order valence-corrected chi connectivity index (χ3v) is 5.28. The van der Waals surface area contributed by atoms with E-state index in [1.165, 1.54) is 17.7 Å². The lowest BCUT2D eigenvalue weighted by molar-refractivity contribution is -0.153. The number of hydrogen-bond donors (Lipinski definition) is 0. The van der Waals surface area contributed by atoms with Gasteiger partial charge in [0, 0.05) is 12.6 Å². The number of alkyl halides is 3. The number of hydrogen-bond acceptors (Lipinski definition) is 3. The fourth-order valence-electron chi connectivity index (χ4n) is 3.44. The predicted octanol–water partition coefficient (Wildman–Crippen LogP) is 5.16. The average molecular weight is 408 g/mol. The van der Waals surface area contributed by atoms with E-state index in [9.17, 15) is 13.2 Å². The predicted molar refractivity (Wildman–Crippen MR) is 99.5 cm³/mol. The fourth-order valence-corrected chi connectivity index (χ4v) is 3.69. The maximum Gasteiger partial charge on any atom is 0.422 e. The minimum absolute atomic E-state index is 0.0522. The van der Waals surface area contributed by atoms with Crippen molar-refractivity contribution in [2.45, 2.75) is 24.4 Å². The van der Waals surface area contributed by atoms with Crippen LogP contribution in [0.3, 0.4) is 0 Å². The van der Waals surface area contributed by atoms with E-state index >= 15 is 0 Å². The second-order valence-electron chi connectivity index (χ2n) is 6.90. The highest BCUT2D eigenvalue weighted by Gasteiger charge is 2.49. The second-order valence-corrected chi connectivity index (χ2v) is 7.31. The van der Waals surface area contributed by atoms with E-state index in [-0.39, 0.29) is 16.2 Å². The summed E-state index contributed by atoms with van der Waals surface area (Å²) in [6.07, 6.45) is -2.43. The SMILES string of the molecule is Cn1c(-c2ccc(OCC(F)(F)F)cc2Cl)nnc1C1(c2ccccc2)CC1. The Balaban J connectivity index is 1.63. The largest absolute Gasteiger partial charge is 0.484 e. The standard InChI is InChI=1S/C20H17ClF3N3O/c1-27-17(15-8-7-14(11-16(15)21)28-12-20(22,23)24)25-26-18(27)19(9-10-19)13-5-3-2-4-6-13/h2-8,11H,9-10,12H2,1H3. The van der Waals surface area contributed by atoms with Crippen molar-refractivity contribution in [3.05, 3.63) is 64.9 Å². The molecule has 0 unspecified atom stereocenters. The van der Waals surface area contributed by atoms with E-state index in [4.69, 9.17) is 16.3 Å². The smallest absolute Gasteiger partial charge is 0.422 e. The first-order chi connectivity index (χ1) is 13.3. The Morgan fingerprint density at radius 3 is 2.43 bits per heavy atom. The summed E-state index contributed by atoms with van der Waals surface area (Å²) in [7, 11) is 1.87. The van der Waals surface area contributed by atoms with Gasteiger partial charge in [0.2, 0.25) is 0 Å². The number of aromatic nitrogens is 3. The molecular weight excluding hydrogens is 391 g/mol. The molecule has 0 amide bonds. The summed E-state index contributed by atoms with van der Waals surface area (Å²) in [6, 6.07) is 14.6. The lowest BCUT2D eigenvalue weighted by Crippen LogP contribution is -2.19. The van der Waals surface area contributed by atoms with Crippen LogP contribution in [0.1, 0.15) is 24.2 Å². The molecule has 0 saturated heterocycles. The average Bonchev–Trinajstić information content (AvgIpc) is 3.38. The van der Waals surface area contributed by atoms with E-state index in [1.54, 1.807) is 6.07 Å². The maximum atomic E-state index is 12.3. The zero-order chi connectivity index (χ0) is 19.9. The van der Waals surface area contributed by atoms with Gasteiger partial charge in [-0.1, -0.05) is 41.9 Å². The molecule has 1 fully saturated rings. The van der Waals surface area contributed by atoms with Crippen LogP contribution in [0.15, 0.2) is 48.5 Å². The summed E-state index contributed by atoms with van der Waals surface area (Å²) < 4.78 is 43.6. The van der Waals surface area contributed by atoms with Crippen LogP contribution < -0.4 is 4.74 Å². The first-order valence-corrected chi connectivity index (χ1v) is 9.13. The van der Waals surface area contributed by atoms with Crippen LogP contribution in [0, 0.1) is 0 Å². The van der Waals surface area contributed by atoms with Crippen LogP contribution in [-0.2, 0) is 12.5 Å². The number of rotatable bonds is 5. The molecule has 3 aromatic rings. The van der Waals surface area contributed by atoms with Gasteiger partial charge in [-0.25, -0.2) is 0 Å². The Labute approximate surface area is 164 Å². The van der Waals surface area contributed by atoms with Gasteiger partial charge in [-0.2, -0.15) is 13.2 Å². The van der Waals surface area contributed by atoms with E-state index in [0.717, 1.165) is 18.7 Å². The molecule has 0 aliphatic heterocycles. The number of halogens is 4. The third-order valence-electron chi connectivity index (χ3n) is 4.96. The molecule has 4 nitrogen and oxygen atoms in total. The molecule has 0 atom stereocenters. The lowest BCUT2D eigenvalue weighted by atomic mass is 9.95. The number of benzene rings is 2. The van der Waals surface area contributed by atoms with Crippen molar-refractivity contribution in [1.82, 2.24) is 14.8 Å². The second kappa shape index (κ2) is 6.81. The van der Waals surface area contributed by atoms with Gasteiger partial charge in [0.05, 0.1) is 10.4 Å². The highest BCUT2D eigenvalue weighted by molar-refractivity contribution is 6.33. The highest BCUT2D eigenvalue weighted by Crippen LogP contribution is 2.53. The summed E-state index contributed by atoms with van der Waals surface area (Å²) in [5.41, 5.74) is 1.63. The van der Waals surface area contributed by atoms with Crippen molar-refractivity contribution >= 4 is 11.6 Å². The molecule has 0 spiro atoms. The van der Waals surface area contributed by atoms with Gasteiger partial charge in [0.15, 0.2) is 12.4 Å². The van der Waals surface area contributed by atoms with Crippen molar-refractivity contribution in [2.75, 3.05) is 6.61 Å². The van der Waals surface area contributed by atoms with Crippen LogP contribution in [0.2, 0.25) is 5.02 Å².